The van der Waals surface area contributed by atoms with Crippen molar-refractivity contribution in [2.24, 2.45) is 5.92 Å². The first-order valence-corrected chi connectivity index (χ1v) is 6.32. The summed E-state index contributed by atoms with van der Waals surface area (Å²) >= 11 is 5.85. The van der Waals surface area contributed by atoms with Gasteiger partial charge in [0.15, 0.2) is 0 Å². The topological polar surface area (TPSA) is 12.0 Å². The molecular formula is C13H16ClF2N. The average molecular weight is 260 g/mol. The predicted octanol–water partition coefficient (Wildman–Crippen LogP) is 3.82. The van der Waals surface area contributed by atoms with Crippen LogP contribution in [-0.4, -0.2) is 13.1 Å². The van der Waals surface area contributed by atoms with Crippen molar-refractivity contribution in [3.05, 3.63) is 34.3 Å². The minimum Gasteiger partial charge on any atom is -0.316 e. The maximum absolute atomic E-state index is 12.9. The molecule has 0 spiro atoms. The Morgan fingerprint density at radius 1 is 1.41 bits per heavy atom. The van der Waals surface area contributed by atoms with Gasteiger partial charge >= 0.3 is 0 Å². The van der Waals surface area contributed by atoms with Crippen LogP contribution in [0.4, 0.5) is 8.78 Å². The van der Waals surface area contributed by atoms with Crippen molar-refractivity contribution >= 4 is 11.6 Å². The molecule has 1 nitrogen and oxygen atoms in total. The summed E-state index contributed by atoms with van der Waals surface area (Å²) in [5.74, 6) is 0.444. The summed E-state index contributed by atoms with van der Waals surface area (Å²) in [5, 5.41) is 3.48. The van der Waals surface area contributed by atoms with Gasteiger partial charge in [-0.3, -0.25) is 0 Å². The molecule has 0 aliphatic carbocycles. The first-order valence-electron chi connectivity index (χ1n) is 5.94. The third-order valence-electron chi connectivity index (χ3n) is 3.27. The van der Waals surface area contributed by atoms with Gasteiger partial charge in [-0.15, -0.1) is 0 Å². The molecular weight excluding hydrogens is 244 g/mol. The van der Waals surface area contributed by atoms with E-state index in [1.807, 2.05) is 0 Å². The average Bonchev–Trinajstić information content (AvgIpc) is 2.30. The Bertz CT molecular complexity index is 376. The predicted molar refractivity (Wildman–Crippen MR) is 65.7 cm³/mol. The van der Waals surface area contributed by atoms with Gasteiger partial charge in [-0.05, 0) is 49.9 Å². The zero-order chi connectivity index (χ0) is 12.3. The van der Waals surface area contributed by atoms with Gasteiger partial charge in [0.1, 0.15) is 0 Å². The van der Waals surface area contributed by atoms with Gasteiger partial charge in [-0.25, -0.2) is 8.78 Å². The summed E-state index contributed by atoms with van der Waals surface area (Å²) in [5.41, 5.74) is 0.709. The molecule has 1 fully saturated rings. The van der Waals surface area contributed by atoms with E-state index in [0.717, 1.165) is 25.9 Å². The van der Waals surface area contributed by atoms with Gasteiger partial charge < -0.3 is 5.32 Å². The van der Waals surface area contributed by atoms with Gasteiger partial charge in [0.25, 0.3) is 6.43 Å². The number of nitrogens with one attached hydrogen (secondary N) is 1. The van der Waals surface area contributed by atoms with Crippen LogP contribution in [0.5, 0.6) is 0 Å². The largest absolute Gasteiger partial charge is 0.316 e. The molecule has 0 bridgehead atoms. The first kappa shape index (κ1) is 12.8. The second-order valence-corrected chi connectivity index (χ2v) is 4.94. The van der Waals surface area contributed by atoms with Gasteiger partial charge in [0, 0.05) is 10.6 Å². The Kier molecular flexibility index (Phi) is 4.35. The highest BCUT2D eigenvalue weighted by Gasteiger charge is 2.20. The lowest BCUT2D eigenvalue weighted by atomic mass is 9.90. The van der Waals surface area contributed by atoms with E-state index < -0.39 is 6.43 Å². The summed E-state index contributed by atoms with van der Waals surface area (Å²) in [6.07, 6.45) is 0.417. The molecule has 1 heterocycles. The lowest BCUT2D eigenvalue weighted by Crippen LogP contribution is -2.31. The summed E-state index contributed by atoms with van der Waals surface area (Å²) < 4.78 is 25.9. The quantitative estimate of drug-likeness (QED) is 0.870. The monoisotopic (exact) mass is 259 g/mol. The minimum atomic E-state index is -2.49. The molecule has 0 saturated carbocycles. The van der Waals surface area contributed by atoms with Crippen LogP contribution in [0.25, 0.3) is 0 Å². The van der Waals surface area contributed by atoms with E-state index in [0.29, 0.717) is 17.9 Å². The number of rotatable bonds is 3. The molecule has 4 heteroatoms. The molecule has 1 unspecified atom stereocenters. The van der Waals surface area contributed by atoms with Gasteiger partial charge in [0.2, 0.25) is 0 Å². The van der Waals surface area contributed by atoms with Crippen molar-refractivity contribution in [3.8, 4) is 0 Å². The van der Waals surface area contributed by atoms with E-state index in [1.165, 1.54) is 6.07 Å². The highest BCUT2D eigenvalue weighted by molar-refractivity contribution is 6.31. The van der Waals surface area contributed by atoms with Crippen molar-refractivity contribution in [1.29, 1.82) is 0 Å². The van der Waals surface area contributed by atoms with E-state index >= 15 is 0 Å². The summed E-state index contributed by atoms with van der Waals surface area (Å²) in [7, 11) is 0. The zero-order valence-corrected chi connectivity index (χ0v) is 10.3. The van der Waals surface area contributed by atoms with E-state index in [1.54, 1.807) is 12.1 Å². The SMILES string of the molecule is FC(F)c1c(Cl)cccc1CC1CCCNC1. The number of benzene rings is 1. The maximum Gasteiger partial charge on any atom is 0.265 e. The summed E-state index contributed by atoms with van der Waals surface area (Å²) in [4.78, 5) is 0. The number of hydrogen-bond donors (Lipinski definition) is 1. The van der Waals surface area contributed by atoms with E-state index in [9.17, 15) is 8.78 Å². The minimum absolute atomic E-state index is 0.0136. The fraction of sp³-hybridized carbons (Fsp3) is 0.538. The smallest absolute Gasteiger partial charge is 0.265 e. The molecule has 1 aliphatic rings. The zero-order valence-electron chi connectivity index (χ0n) is 9.56. The highest BCUT2D eigenvalue weighted by Crippen LogP contribution is 2.32. The van der Waals surface area contributed by atoms with Crippen LogP contribution in [0.2, 0.25) is 5.02 Å². The number of hydrogen-bond acceptors (Lipinski definition) is 1. The Labute approximate surface area is 105 Å². The van der Waals surface area contributed by atoms with Crippen LogP contribution in [0.15, 0.2) is 18.2 Å². The normalized spacial score (nSPS) is 20.8. The van der Waals surface area contributed by atoms with Gasteiger partial charge in [0.05, 0.1) is 0 Å². The van der Waals surface area contributed by atoms with Crippen LogP contribution in [0.1, 0.15) is 30.4 Å². The molecule has 1 aromatic carbocycles. The summed E-state index contributed by atoms with van der Waals surface area (Å²) in [6.45, 7) is 1.95. The van der Waals surface area contributed by atoms with Crippen LogP contribution in [-0.2, 0) is 6.42 Å². The first-order chi connectivity index (χ1) is 8.18. The van der Waals surface area contributed by atoms with E-state index in [-0.39, 0.29) is 10.6 Å². The van der Waals surface area contributed by atoms with Crippen molar-refractivity contribution in [2.75, 3.05) is 13.1 Å². The molecule has 1 saturated heterocycles. The third kappa shape index (κ3) is 3.17. The lowest BCUT2D eigenvalue weighted by molar-refractivity contribution is 0.150. The molecule has 1 aromatic rings. The van der Waals surface area contributed by atoms with Crippen LogP contribution < -0.4 is 5.32 Å². The Hall–Kier alpha value is -0.670. The molecule has 2 rings (SSSR count). The Morgan fingerprint density at radius 3 is 2.88 bits per heavy atom. The molecule has 0 amide bonds. The second-order valence-electron chi connectivity index (χ2n) is 4.53. The molecule has 0 aromatic heterocycles. The molecule has 17 heavy (non-hydrogen) atoms. The third-order valence-corrected chi connectivity index (χ3v) is 3.60. The van der Waals surface area contributed by atoms with Crippen LogP contribution in [0.3, 0.4) is 0 Å². The number of piperidine rings is 1. The van der Waals surface area contributed by atoms with E-state index in [4.69, 9.17) is 11.6 Å². The number of alkyl halides is 2. The lowest BCUT2D eigenvalue weighted by Gasteiger charge is -2.23. The second kappa shape index (κ2) is 5.78. The molecule has 1 aliphatic heterocycles. The van der Waals surface area contributed by atoms with Crippen molar-refractivity contribution < 1.29 is 8.78 Å². The standard InChI is InChI=1S/C13H16ClF2N/c14-11-5-1-4-10(12(11)13(15)16)7-9-3-2-6-17-8-9/h1,4-5,9,13,17H,2-3,6-8H2. The molecule has 1 atom stereocenters. The van der Waals surface area contributed by atoms with E-state index in [2.05, 4.69) is 5.32 Å². The Balaban J connectivity index is 2.16. The van der Waals surface area contributed by atoms with Crippen LogP contribution >= 0.6 is 11.6 Å². The fourth-order valence-corrected chi connectivity index (χ4v) is 2.69. The highest BCUT2D eigenvalue weighted by atomic mass is 35.5. The van der Waals surface area contributed by atoms with Crippen molar-refractivity contribution in [3.63, 3.8) is 0 Å². The summed E-state index contributed by atoms with van der Waals surface area (Å²) in [6, 6.07) is 5.05. The molecule has 0 radical (unpaired) electrons. The number of halogens is 3. The van der Waals surface area contributed by atoms with Gasteiger partial charge in [-0.2, -0.15) is 0 Å². The van der Waals surface area contributed by atoms with Crippen LogP contribution in [0, 0.1) is 5.92 Å². The Morgan fingerprint density at radius 2 is 2.24 bits per heavy atom. The van der Waals surface area contributed by atoms with Crippen molar-refractivity contribution in [1.82, 2.24) is 5.32 Å². The van der Waals surface area contributed by atoms with Gasteiger partial charge in [-0.1, -0.05) is 23.7 Å². The van der Waals surface area contributed by atoms with Crippen molar-refractivity contribution in [2.45, 2.75) is 25.7 Å². The molecule has 1 N–H and O–H groups in total. The molecule has 94 valence electrons. The fourth-order valence-electron chi connectivity index (χ4n) is 2.41. The maximum atomic E-state index is 12.9.